The average molecular weight is 267 g/mol. The van der Waals surface area contributed by atoms with Gasteiger partial charge in [-0.2, -0.15) is 0 Å². The van der Waals surface area contributed by atoms with Crippen molar-refractivity contribution in [3.8, 4) is 0 Å². The Bertz CT molecular complexity index is 505. The molecule has 0 amide bonds. The van der Waals surface area contributed by atoms with Gasteiger partial charge in [0.2, 0.25) is 0 Å². The standard InChI is InChI=1S/C11H13N3OS2/c1-7(10(12)14-15)6-16-11-13-8-4-2-3-5-9(8)17-11/h2-5,7,15H,6H2,1H3,(H2,12,14). The number of oxime groups is 1. The van der Waals surface area contributed by atoms with Gasteiger partial charge in [0, 0.05) is 11.7 Å². The summed E-state index contributed by atoms with van der Waals surface area (Å²) in [5, 5.41) is 11.6. The number of fused-ring (bicyclic) bond motifs is 1. The maximum atomic E-state index is 8.56. The van der Waals surface area contributed by atoms with Crippen molar-refractivity contribution in [3.63, 3.8) is 0 Å². The van der Waals surface area contributed by atoms with Gasteiger partial charge >= 0.3 is 0 Å². The molecule has 0 saturated heterocycles. The highest BCUT2D eigenvalue weighted by Crippen LogP contribution is 2.30. The Hall–Kier alpha value is -1.27. The van der Waals surface area contributed by atoms with Crippen LogP contribution in [0, 0.1) is 5.92 Å². The van der Waals surface area contributed by atoms with Gasteiger partial charge in [-0.15, -0.1) is 11.3 Å². The largest absolute Gasteiger partial charge is 0.409 e. The Morgan fingerprint density at radius 3 is 3.06 bits per heavy atom. The Morgan fingerprint density at radius 2 is 2.35 bits per heavy atom. The van der Waals surface area contributed by atoms with Crippen molar-refractivity contribution < 1.29 is 5.21 Å². The van der Waals surface area contributed by atoms with Crippen molar-refractivity contribution in [2.24, 2.45) is 16.8 Å². The molecule has 0 aliphatic rings. The van der Waals surface area contributed by atoms with Crippen molar-refractivity contribution in [3.05, 3.63) is 24.3 Å². The zero-order valence-electron chi connectivity index (χ0n) is 9.33. The fourth-order valence-electron chi connectivity index (χ4n) is 1.29. The third-order valence-electron chi connectivity index (χ3n) is 2.35. The number of nitrogens with two attached hydrogens (primary N) is 1. The van der Waals surface area contributed by atoms with Gasteiger partial charge in [-0.1, -0.05) is 36.0 Å². The van der Waals surface area contributed by atoms with E-state index in [1.165, 1.54) is 4.70 Å². The molecule has 0 aliphatic heterocycles. The maximum Gasteiger partial charge on any atom is 0.151 e. The molecule has 0 bridgehead atoms. The van der Waals surface area contributed by atoms with Crippen LogP contribution in [-0.4, -0.2) is 21.8 Å². The lowest BCUT2D eigenvalue weighted by atomic mass is 10.2. The average Bonchev–Trinajstić information content (AvgIpc) is 2.77. The highest BCUT2D eigenvalue weighted by atomic mass is 32.2. The van der Waals surface area contributed by atoms with Gasteiger partial charge in [0.15, 0.2) is 4.34 Å². The molecule has 1 aromatic heterocycles. The van der Waals surface area contributed by atoms with Gasteiger partial charge in [-0.25, -0.2) is 4.98 Å². The van der Waals surface area contributed by atoms with Crippen LogP contribution in [0.3, 0.4) is 0 Å². The Balaban J connectivity index is 2.04. The predicted molar refractivity (Wildman–Crippen MR) is 72.9 cm³/mol. The molecule has 1 aromatic carbocycles. The molecule has 90 valence electrons. The number of amidine groups is 1. The summed E-state index contributed by atoms with van der Waals surface area (Å²) in [6.07, 6.45) is 0. The van der Waals surface area contributed by atoms with Gasteiger partial charge in [0.05, 0.1) is 10.2 Å². The number of benzene rings is 1. The highest BCUT2D eigenvalue weighted by Gasteiger charge is 2.10. The van der Waals surface area contributed by atoms with Gasteiger partial charge in [-0.05, 0) is 12.1 Å². The Morgan fingerprint density at radius 1 is 1.59 bits per heavy atom. The van der Waals surface area contributed by atoms with E-state index >= 15 is 0 Å². The first kappa shape index (κ1) is 12.2. The molecule has 0 aliphatic carbocycles. The molecule has 4 nitrogen and oxygen atoms in total. The molecule has 2 rings (SSSR count). The molecule has 0 saturated carbocycles. The molecule has 17 heavy (non-hydrogen) atoms. The van der Waals surface area contributed by atoms with Crippen LogP contribution in [0.4, 0.5) is 0 Å². The van der Waals surface area contributed by atoms with Gasteiger partial charge in [0.25, 0.3) is 0 Å². The van der Waals surface area contributed by atoms with E-state index in [0.717, 1.165) is 15.6 Å². The Kier molecular flexibility index (Phi) is 3.86. The molecule has 2 aromatic rings. The van der Waals surface area contributed by atoms with Crippen molar-refractivity contribution in [2.45, 2.75) is 11.3 Å². The van der Waals surface area contributed by atoms with Crippen LogP contribution in [0.15, 0.2) is 33.8 Å². The molecule has 1 heterocycles. The molecular formula is C11H13N3OS2. The minimum absolute atomic E-state index is 0.0389. The number of thioether (sulfide) groups is 1. The zero-order chi connectivity index (χ0) is 12.3. The lowest BCUT2D eigenvalue weighted by Gasteiger charge is -2.06. The van der Waals surface area contributed by atoms with Crippen LogP contribution >= 0.6 is 23.1 Å². The summed E-state index contributed by atoms with van der Waals surface area (Å²) in [5.74, 6) is 1.06. The normalized spacial score (nSPS) is 14.1. The number of hydrogen-bond acceptors (Lipinski definition) is 5. The van der Waals surface area contributed by atoms with Crippen LogP contribution in [0.1, 0.15) is 6.92 Å². The fourth-order valence-corrected chi connectivity index (χ4v) is 3.43. The van der Waals surface area contributed by atoms with E-state index in [0.29, 0.717) is 0 Å². The molecular weight excluding hydrogens is 254 g/mol. The quantitative estimate of drug-likeness (QED) is 0.294. The van der Waals surface area contributed by atoms with Crippen LogP contribution in [0.5, 0.6) is 0 Å². The van der Waals surface area contributed by atoms with E-state index in [1.54, 1.807) is 23.1 Å². The van der Waals surface area contributed by atoms with Crippen molar-refractivity contribution in [1.29, 1.82) is 0 Å². The minimum atomic E-state index is 0.0389. The zero-order valence-corrected chi connectivity index (χ0v) is 11.0. The SMILES string of the molecule is CC(CSc1nc2ccccc2s1)/C(N)=N/O. The van der Waals surface area contributed by atoms with Gasteiger partial charge in [-0.3, -0.25) is 0 Å². The minimum Gasteiger partial charge on any atom is -0.409 e. The van der Waals surface area contributed by atoms with Crippen LogP contribution in [0.25, 0.3) is 10.2 Å². The summed E-state index contributed by atoms with van der Waals surface area (Å²) in [6.45, 7) is 1.93. The molecule has 0 fully saturated rings. The van der Waals surface area contributed by atoms with E-state index in [9.17, 15) is 0 Å². The summed E-state index contributed by atoms with van der Waals surface area (Å²) in [4.78, 5) is 4.51. The summed E-state index contributed by atoms with van der Waals surface area (Å²) in [5.41, 5.74) is 6.55. The lowest BCUT2D eigenvalue weighted by Crippen LogP contribution is -2.22. The van der Waals surface area contributed by atoms with E-state index in [-0.39, 0.29) is 11.8 Å². The maximum absolute atomic E-state index is 8.56. The van der Waals surface area contributed by atoms with Crippen LogP contribution < -0.4 is 5.73 Å². The molecule has 3 N–H and O–H groups in total. The molecule has 6 heteroatoms. The first-order valence-corrected chi connectivity index (χ1v) is 6.96. The number of nitrogens with zero attached hydrogens (tertiary/aromatic N) is 2. The summed E-state index contributed by atoms with van der Waals surface area (Å²) in [6, 6.07) is 8.05. The van der Waals surface area contributed by atoms with Gasteiger partial charge < -0.3 is 10.9 Å². The van der Waals surface area contributed by atoms with Crippen LogP contribution in [0.2, 0.25) is 0 Å². The van der Waals surface area contributed by atoms with E-state index in [4.69, 9.17) is 10.9 Å². The Labute approximate surface area is 108 Å². The number of thiazole rings is 1. The third kappa shape index (κ3) is 2.89. The predicted octanol–water partition coefficient (Wildman–Crippen LogP) is 2.77. The van der Waals surface area contributed by atoms with Crippen LogP contribution in [-0.2, 0) is 0 Å². The van der Waals surface area contributed by atoms with Crippen molar-refractivity contribution in [2.75, 3.05) is 5.75 Å². The summed E-state index contributed by atoms with van der Waals surface area (Å²) >= 11 is 3.30. The second-order valence-electron chi connectivity index (χ2n) is 3.68. The monoisotopic (exact) mass is 267 g/mol. The number of hydrogen-bond donors (Lipinski definition) is 2. The van der Waals surface area contributed by atoms with E-state index in [1.807, 2.05) is 25.1 Å². The molecule has 0 spiro atoms. The van der Waals surface area contributed by atoms with Crippen molar-refractivity contribution in [1.82, 2.24) is 4.98 Å². The topological polar surface area (TPSA) is 71.5 Å². The smallest absolute Gasteiger partial charge is 0.151 e. The summed E-state index contributed by atoms with van der Waals surface area (Å²) < 4.78 is 2.20. The second-order valence-corrected chi connectivity index (χ2v) is 5.98. The fraction of sp³-hybridized carbons (Fsp3) is 0.273. The van der Waals surface area contributed by atoms with Gasteiger partial charge in [0.1, 0.15) is 5.84 Å². The van der Waals surface area contributed by atoms with E-state index in [2.05, 4.69) is 16.2 Å². The number of aromatic nitrogens is 1. The highest BCUT2D eigenvalue weighted by molar-refractivity contribution is 8.01. The first-order valence-electron chi connectivity index (χ1n) is 5.16. The first-order chi connectivity index (χ1) is 8.20. The molecule has 0 radical (unpaired) electrons. The van der Waals surface area contributed by atoms with Crippen molar-refractivity contribution >= 4 is 39.2 Å². The van der Waals surface area contributed by atoms with E-state index < -0.39 is 0 Å². The molecule has 1 unspecified atom stereocenters. The number of rotatable bonds is 4. The molecule has 1 atom stereocenters. The lowest BCUT2D eigenvalue weighted by molar-refractivity contribution is 0.315. The summed E-state index contributed by atoms with van der Waals surface area (Å²) in [7, 11) is 0. The second kappa shape index (κ2) is 5.37. The number of para-hydroxylation sites is 1. The third-order valence-corrected chi connectivity index (χ3v) is 4.79.